The molecule has 21 heavy (non-hydrogen) atoms. The zero-order valence-electron chi connectivity index (χ0n) is 11.1. The summed E-state index contributed by atoms with van der Waals surface area (Å²) in [5.41, 5.74) is -0.478. The van der Waals surface area contributed by atoms with Gasteiger partial charge in [0.15, 0.2) is 0 Å². The molecule has 0 spiro atoms. The van der Waals surface area contributed by atoms with Crippen LogP contribution < -0.4 is 10.9 Å². The van der Waals surface area contributed by atoms with Crippen molar-refractivity contribution in [3.8, 4) is 0 Å². The number of nitrogens with one attached hydrogen (secondary N) is 2. The summed E-state index contributed by atoms with van der Waals surface area (Å²) in [5.74, 6) is 0. The lowest BCUT2D eigenvalue weighted by Crippen LogP contribution is -2.48. The van der Waals surface area contributed by atoms with Crippen LogP contribution in [0, 0.1) is 10.1 Å². The highest BCUT2D eigenvalue weighted by molar-refractivity contribution is 5.86. The number of rotatable bonds is 4. The number of aliphatic hydroxyl groups excluding tert-OH is 1. The van der Waals surface area contributed by atoms with E-state index in [4.69, 9.17) is 0 Å². The van der Waals surface area contributed by atoms with E-state index in [0.29, 0.717) is 5.52 Å². The predicted octanol–water partition coefficient (Wildman–Crippen LogP) is 1.16. The van der Waals surface area contributed by atoms with Crippen LogP contribution in [-0.2, 0) is 0 Å². The monoisotopic (exact) mass is 290 g/mol. The van der Waals surface area contributed by atoms with Gasteiger partial charge in [-0.3, -0.25) is 14.9 Å². The number of hydrogen-bond acceptors (Lipinski definition) is 6. The zero-order chi connectivity index (χ0) is 15.0. The normalized spacial score (nSPS) is 16.4. The fraction of sp³-hybridized carbons (Fsp3) is 0.385. The van der Waals surface area contributed by atoms with Crippen molar-refractivity contribution in [2.45, 2.75) is 24.8 Å². The van der Waals surface area contributed by atoms with Crippen LogP contribution in [0.3, 0.4) is 0 Å². The molecule has 0 unspecified atom stereocenters. The first kappa shape index (κ1) is 13.5. The largest absolute Gasteiger partial charge is 0.394 e. The SMILES string of the molecule is O=c1[nH]cnc2cc(NC3(CO)CCC3)c([N+](=O)[O-])cc12. The molecule has 1 aliphatic carbocycles. The van der Waals surface area contributed by atoms with Gasteiger partial charge in [0.2, 0.25) is 0 Å². The van der Waals surface area contributed by atoms with Crippen LogP contribution in [0.2, 0.25) is 0 Å². The van der Waals surface area contributed by atoms with Crippen LogP contribution in [0.15, 0.2) is 23.3 Å². The standard InChI is InChI=1S/C13H14N4O4/c18-6-13(2-1-3-13)16-10-5-9-8(4-11(10)17(20)21)12(19)15-7-14-9/h4-5,7,16,18H,1-3,6H2,(H,14,15,19). The summed E-state index contributed by atoms with van der Waals surface area (Å²) in [7, 11) is 0. The van der Waals surface area contributed by atoms with Gasteiger partial charge < -0.3 is 15.4 Å². The van der Waals surface area contributed by atoms with E-state index in [2.05, 4.69) is 15.3 Å². The van der Waals surface area contributed by atoms with E-state index < -0.39 is 16.0 Å². The molecule has 1 saturated carbocycles. The lowest BCUT2D eigenvalue weighted by Gasteiger charge is -2.41. The summed E-state index contributed by atoms with van der Waals surface area (Å²) in [4.78, 5) is 28.8. The maximum atomic E-state index is 11.7. The fourth-order valence-electron chi connectivity index (χ4n) is 2.57. The van der Waals surface area contributed by atoms with Gasteiger partial charge in [-0.2, -0.15) is 0 Å². The summed E-state index contributed by atoms with van der Waals surface area (Å²) < 4.78 is 0. The van der Waals surface area contributed by atoms with Crippen molar-refractivity contribution in [1.29, 1.82) is 0 Å². The van der Waals surface area contributed by atoms with Crippen LogP contribution in [0.5, 0.6) is 0 Å². The number of aliphatic hydroxyl groups is 1. The molecule has 0 amide bonds. The van der Waals surface area contributed by atoms with E-state index in [0.717, 1.165) is 19.3 Å². The number of nitrogens with zero attached hydrogens (tertiary/aromatic N) is 2. The second-order valence-electron chi connectivity index (χ2n) is 5.29. The lowest BCUT2D eigenvalue weighted by molar-refractivity contribution is -0.383. The van der Waals surface area contributed by atoms with Crippen LogP contribution in [0.1, 0.15) is 19.3 Å². The van der Waals surface area contributed by atoms with Crippen LogP contribution in [0.4, 0.5) is 11.4 Å². The van der Waals surface area contributed by atoms with E-state index in [1.54, 1.807) is 0 Å². The second-order valence-corrected chi connectivity index (χ2v) is 5.29. The summed E-state index contributed by atoms with van der Waals surface area (Å²) in [6, 6.07) is 2.70. The summed E-state index contributed by atoms with van der Waals surface area (Å²) in [5, 5.41) is 23.9. The third-order valence-electron chi connectivity index (χ3n) is 3.97. The van der Waals surface area contributed by atoms with Crippen molar-refractivity contribution in [3.63, 3.8) is 0 Å². The molecule has 0 radical (unpaired) electrons. The Morgan fingerprint density at radius 1 is 1.48 bits per heavy atom. The van der Waals surface area contributed by atoms with Crippen molar-refractivity contribution in [2.75, 3.05) is 11.9 Å². The number of anilines is 1. The highest BCUT2D eigenvalue weighted by atomic mass is 16.6. The minimum Gasteiger partial charge on any atom is -0.394 e. The molecule has 1 aromatic carbocycles. The van der Waals surface area contributed by atoms with Crippen LogP contribution >= 0.6 is 0 Å². The van der Waals surface area contributed by atoms with Crippen LogP contribution in [0.25, 0.3) is 10.9 Å². The molecule has 1 aromatic heterocycles. The summed E-state index contributed by atoms with van der Waals surface area (Å²) in [6.45, 7) is -0.0923. The number of H-pyrrole nitrogens is 1. The van der Waals surface area contributed by atoms with Crippen molar-refractivity contribution in [3.05, 3.63) is 38.9 Å². The van der Waals surface area contributed by atoms with Gasteiger partial charge in [0, 0.05) is 6.07 Å². The molecular weight excluding hydrogens is 276 g/mol. The molecule has 0 bridgehead atoms. The number of fused-ring (bicyclic) bond motifs is 1. The Morgan fingerprint density at radius 2 is 2.24 bits per heavy atom. The molecule has 3 N–H and O–H groups in total. The molecular formula is C13H14N4O4. The minimum absolute atomic E-state index is 0.0923. The molecule has 110 valence electrons. The van der Waals surface area contributed by atoms with Gasteiger partial charge >= 0.3 is 0 Å². The average molecular weight is 290 g/mol. The number of aromatic nitrogens is 2. The van der Waals surface area contributed by atoms with Gasteiger partial charge in [0.05, 0.1) is 34.3 Å². The van der Waals surface area contributed by atoms with Gasteiger partial charge in [0.25, 0.3) is 11.2 Å². The summed E-state index contributed by atoms with van der Waals surface area (Å²) >= 11 is 0. The van der Waals surface area contributed by atoms with Gasteiger partial charge in [0.1, 0.15) is 5.69 Å². The molecule has 8 nitrogen and oxygen atoms in total. The predicted molar refractivity (Wildman–Crippen MR) is 76.3 cm³/mol. The number of hydrogen-bond donors (Lipinski definition) is 3. The number of aromatic amines is 1. The molecule has 0 aliphatic heterocycles. The third-order valence-corrected chi connectivity index (χ3v) is 3.97. The molecule has 1 fully saturated rings. The highest BCUT2D eigenvalue weighted by Gasteiger charge is 2.37. The van der Waals surface area contributed by atoms with Gasteiger partial charge in [-0.1, -0.05) is 0 Å². The quantitative estimate of drug-likeness (QED) is 0.574. The maximum absolute atomic E-state index is 11.7. The Bertz CT molecular complexity index is 761. The van der Waals surface area contributed by atoms with E-state index in [9.17, 15) is 20.0 Å². The first-order valence-corrected chi connectivity index (χ1v) is 6.59. The Labute approximate surface area is 119 Å². The topological polar surface area (TPSA) is 121 Å². The van der Waals surface area contributed by atoms with E-state index in [1.165, 1.54) is 18.5 Å². The zero-order valence-corrected chi connectivity index (χ0v) is 11.1. The smallest absolute Gasteiger partial charge is 0.293 e. The number of benzene rings is 1. The molecule has 3 rings (SSSR count). The van der Waals surface area contributed by atoms with Crippen LogP contribution in [-0.4, -0.2) is 32.1 Å². The van der Waals surface area contributed by atoms with Crippen molar-refractivity contribution < 1.29 is 10.0 Å². The Kier molecular flexibility index (Phi) is 3.09. The molecule has 1 aliphatic rings. The average Bonchev–Trinajstić information content (AvgIpc) is 2.42. The number of nitro groups is 1. The maximum Gasteiger partial charge on any atom is 0.293 e. The summed E-state index contributed by atoms with van der Waals surface area (Å²) in [6.07, 6.45) is 3.72. The van der Waals surface area contributed by atoms with Gasteiger partial charge in [-0.15, -0.1) is 0 Å². The van der Waals surface area contributed by atoms with Crippen molar-refractivity contribution in [1.82, 2.24) is 9.97 Å². The molecule has 0 saturated heterocycles. The Morgan fingerprint density at radius 3 is 2.81 bits per heavy atom. The molecule has 8 heteroatoms. The fourth-order valence-corrected chi connectivity index (χ4v) is 2.57. The van der Waals surface area contributed by atoms with Gasteiger partial charge in [-0.25, -0.2) is 4.98 Å². The Balaban J connectivity index is 2.14. The van der Waals surface area contributed by atoms with E-state index >= 15 is 0 Å². The minimum atomic E-state index is -0.544. The Hall–Kier alpha value is -2.48. The lowest BCUT2D eigenvalue weighted by atomic mass is 9.77. The molecule has 1 heterocycles. The molecule has 0 atom stereocenters. The van der Waals surface area contributed by atoms with Crippen molar-refractivity contribution >= 4 is 22.3 Å². The highest BCUT2D eigenvalue weighted by Crippen LogP contribution is 2.38. The second kappa shape index (κ2) is 4.81. The van der Waals surface area contributed by atoms with Gasteiger partial charge in [-0.05, 0) is 25.3 Å². The third kappa shape index (κ3) is 2.23. The first-order valence-electron chi connectivity index (χ1n) is 6.59. The number of nitro benzene ring substituents is 1. The van der Waals surface area contributed by atoms with E-state index in [1.807, 2.05) is 0 Å². The van der Waals surface area contributed by atoms with Crippen molar-refractivity contribution in [2.24, 2.45) is 0 Å². The first-order chi connectivity index (χ1) is 10.0. The van der Waals surface area contributed by atoms with E-state index in [-0.39, 0.29) is 23.4 Å². The molecule has 2 aromatic rings.